The minimum atomic E-state index is -0.520. The lowest BCUT2D eigenvalue weighted by molar-refractivity contribution is 0.100. The Morgan fingerprint density at radius 3 is 2.62 bits per heavy atom. The molecule has 7 nitrogen and oxygen atoms in total. The lowest BCUT2D eigenvalue weighted by Gasteiger charge is -2.26. The molecule has 132 valence electrons. The largest absolute Gasteiger partial charge is 0.393 e. The fourth-order valence-electron chi connectivity index (χ4n) is 3.35. The Labute approximate surface area is 142 Å². The van der Waals surface area contributed by atoms with Gasteiger partial charge in [-0.05, 0) is 38.0 Å². The van der Waals surface area contributed by atoms with Gasteiger partial charge in [-0.2, -0.15) is 4.98 Å². The standard InChI is InChI=1S/C17H27N5O2/c18-15(24)14-10-20-17(21-12-4-6-13(23)7-5-12)22-16(14)19-9-8-11-2-1-3-11/h10-13,23H,1-9H2,(H2,18,24)(H2,19,20,21,22)/t12-,13-. The van der Waals surface area contributed by atoms with Crippen LogP contribution < -0.4 is 16.4 Å². The molecule has 5 N–H and O–H groups in total. The van der Waals surface area contributed by atoms with Crippen LogP contribution in [0.2, 0.25) is 0 Å². The Morgan fingerprint density at radius 1 is 1.25 bits per heavy atom. The molecule has 2 saturated carbocycles. The molecule has 1 aromatic heterocycles. The summed E-state index contributed by atoms with van der Waals surface area (Å²) in [6.07, 6.45) is 9.70. The zero-order chi connectivity index (χ0) is 16.9. The van der Waals surface area contributed by atoms with Crippen molar-refractivity contribution < 1.29 is 9.90 Å². The monoisotopic (exact) mass is 333 g/mol. The van der Waals surface area contributed by atoms with Crippen LogP contribution in [0, 0.1) is 5.92 Å². The molecule has 1 heterocycles. The molecular formula is C17H27N5O2. The van der Waals surface area contributed by atoms with Gasteiger partial charge >= 0.3 is 0 Å². The molecule has 1 aromatic rings. The van der Waals surface area contributed by atoms with E-state index in [1.165, 1.54) is 25.5 Å². The number of primary amides is 1. The van der Waals surface area contributed by atoms with E-state index in [-0.39, 0.29) is 12.1 Å². The van der Waals surface area contributed by atoms with E-state index >= 15 is 0 Å². The summed E-state index contributed by atoms with van der Waals surface area (Å²) in [4.78, 5) is 20.2. The maximum Gasteiger partial charge on any atom is 0.254 e. The van der Waals surface area contributed by atoms with Gasteiger partial charge in [0, 0.05) is 18.8 Å². The van der Waals surface area contributed by atoms with Gasteiger partial charge in [0.15, 0.2) is 0 Å². The average Bonchev–Trinajstić information content (AvgIpc) is 2.52. The Morgan fingerprint density at radius 2 is 2.00 bits per heavy atom. The molecule has 0 radical (unpaired) electrons. The van der Waals surface area contributed by atoms with E-state index in [0.29, 0.717) is 17.3 Å². The first-order valence-electron chi connectivity index (χ1n) is 8.97. The second kappa shape index (κ2) is 7.79. The molecule has 3 rings (SSSR count). The van der Waals surface area contributed by atoms with Gasteiger partial charge in [-0.3, -0.25) is 4.79 Å². The number of aliphatic hydroxyl groups is 1. The maximum absolute atomic E-state index is 11.6. The smallest absolute Gasteiger partial charge is 0.254 e. The van der Waals surface area contributed by atoms with E-state index in [1.807, 2.05) is 0 Å². The summed E-state index contributed by atoms with van der Waals surface area (Å²) in [5, 5.41) is 16.1. The third kappa shape index (κ3) is 4.35. The van der Waals surface area contributed by atoms with Crippen molar-refractivity contribution in [1.29, 1.82) is 0 Å². The first kappa shape index (κ1) is 17.0. The van der Waals surface area contributed by atoms with Gasteiger partial charge < -0.3 is 21.5 Å². The summed E-state index contributed by atoms with van der Waals surface area (Å²) in [7, 11) is 0. The molecule has 0 spiro atoms. The zero-order valence-corrected chi connectivity index (χ0v) is 14.0. The minimum absolute atomic E-state index is 0.190. The maximum atomic E-state index is 11.6. The number of nitrogens with zero attached hydrogens (tertiary/aromatic N) is 2. The highest BCUT2D eigenvalue weighted by atomic mass is 16.3. The number of hydrogen-bond donors (Lipinski definition) is 4. The lowest BCUT2D eigenvalue weighted by atomic mass is 9.83. The molecule has 2 aliphatic carbocycles. The molecule has 24 heavy (non-hydrogen) atoms. The number of amides is 1. The highest BCUT2D eigenvalue weighted by Gasteiger charge is 2.21. The van der Waals surface area contributed by atoms with Crippen LogP contribution in [0.3, 0.4) is 0 Å². The molecule has 0 bridgehead atoms. The first-order valence-corrected chi connectivity index (χ1v) is 8.97. The molecule has 0 atom stereocenters. The number of aliphatic hydroxyl groups excluding tert-OH is 1. The second-order valence-corrected chi connectivity index (χ2v) is 6.98. The van der Waals surface area contributed by atoms with Gasteiger partial charge in [-0.15, -0.1) is 0 Å². The Kier molecular flexibility index (Phi) is 5.50. The molecule has 0 unspecified atom stereocenters. The van der Waals surface area contributed by atoms with Crippen molar-refractivity contribution in [2.75, 3.05) is 17.2 Å². The second-order valence-electron chi connectivity index (χ2n) is 6.98. The summed E-state index contributed by atoms with van der Waals surface area (Å²) in [6.45, 7) is 0.789. The number of carbonyl (C=O) groups excluding carboxylic acids is 1. The quantitative estimate of drug-likeness (QED) is 0.606. The van der Waals surface area contributed by atoms with Crippen molar-refractivity contribution in [3.63, 3.8) is 0 Å². The van der Waals surface area contributed by atoms with E-state index in [0.717, 1.165) is 44.6 Å². The molecular weight excluding hydrogens is 306 g/mol. The van der Waals surface area contributed by atoms with Crippen molar-refractivity contribution in [3.05, 3.63) is 11.8 Å². The van der Waals surface area contributed by atoms with Crippen LogP contribution in [0.1, 0.15) is 61.7 Å². The van der Waals surface area contributed by atoms with Gasteiger partial charge in [0.05, 0.1) is 11.7 Å². The van der Waals surface area contributed by atoms with E-state index in [2.05, 4.69) is 20.6 Å². The predicted molar refractivity (Wildman–Crippen MR) is 92.9 cm³/mol. The normalized spacial score (nSPS) is 24.2. The summed E-state index contributed by atoms with van der Waals surface area (Å²) in [5.41, 5.74) is 5.75. The highest BCUT2D eigenvalue weighted by molar-refractivity contribution is 5.97. The number of carbonyl (C=O) groups is 1. The van der Waals surface area contributed by atoms with E-state index in [4.69, 9.17) is 5.73 Å². The number of nitrogens with one attached hydrogen (secondary N) is 2. The Bertz CT molecular complexity index is 568. The molecule has 0 saturated heterocycles. The predicted octanol–water partition coefficient (Wildman–Crippen LogP) is 1.89. The summed E-state index contributed by atoms with van der Waals surface area (Å²) in [6, 6.07) is 0.260. The number of nitrogens with two attached hydrogens (primary N) is 1. The van der Waals surface area contributed by atoms with Crippen LogP contribution in [0.4, 0.5) is 11.8 Å². The van der Waals surface area contributed by atoms with E-state index < -0.39 is 5.91 Å². The SMILES string of the molecule is NC(=O)c1cnc(N[C@H]2CC[C@H](O)CC2)nc1NCCC1CCC1. The number of rotatable bonds is 7. The summed E-state index contributed by atoms with van der Waals surface area (Å²) in [5.74, 6) is 1.29. The van der Waals surface area contributed by atoms with Crippen LogP contribution in [0.5, 0.6) is 0 Å². The number of anilines is 2. The molecule has 7 heteroatoms. The number of hydrogen-bond acceptors (Lipinski definition) is 6. The zero-order valence-electron chi connectivity index (χ0n) is 14.0. The van der Waals surface area contributed by atoms with Gasteiger partial charge in [0.2, 0.25) is 5.95 Å². The van der Waals surface area contributed by atoms with Crippen LogP contribution >= 0.6 is 0 Å². The molecule has 0 aliphatic heterocycles. The molecule has 2 fully saturated rings. The van der Waals surface area contributed by atoms with E-state index in [9.17, 15) is 9.90 Å². The number of aromatic nitrogens is 2. The van der Waals surface area contributed by atoms with Crippen LogP contribution in [-0.4, -0.2) is 39.7 Å². The van der Waals surface area contributed by atoms with Crippen molar-refractivity contribution >= 4 is 17.7 Å². The Balaban J connectivity index is 1.61. The molecule has 1 amide bonds. The van der Waals surface area contributed by atoms with Crippen molar-refractivity contribution in [2.45, 2.75) is 63.5 Å². The third-order valence-electron chi connectivity index (χ3n) is 5.15. The highest BCUT2D eigenvalue weighted by Crippen LogP contribution is 2.29. The van der Waals surface area contributed by atoms with Gasteiger partial charge in [0.1, 0.15) is 5.82 Å². The van der Waals surface area contributed by atoms with Crippen LogP contribution in [-0.2, 0) is 0 Å². The lowest BCUT2D eigenvalue weighted by Crippen LogP contribution is -2.29. The van der Waals surface area contributed by atoms with Gasteiger partial charge in [-0.1, -0.05) is 19.3 Å². The van der Waals surface area contributed by atoms with Gasteiger partial charge in [-0.25, -0.2) is 4.98 Å². The third-order valence-corrected chi connectivity index (χ3v) is 5.15. The minimum Gasteiger partial charge on any atom is -0.393 e. The van der Waals surface area contributed by atoms with Crippen molar-refractivity contribution in [3.8, 4) is 0 Å². The van der Waals surface area contributed by atoms with E-state index in [1.54, 1.807) is 0 Å². The molecule has 2 aliphatic rings. The van der Waals surface area contributed by atoms with Crippen LogP contribution in [0.25, 0.3) is 0 Å². The van der Waals surface area contributed by atoms with Crippen molar-refractivity contribution in [1.82, 2.24) is 9.97 Å². The first-order chi connectivity index (χ1) is 11.6. The fourth-order valence-corrected chi connectivity index (χ4v) is 3.35. The summed E-state index contributed by atoms with van der Waals surface area (Å²) >= 11 is 0. The van der Waals surface area contributed by atoms with Crippen molar-refractivity contribution in [2.24, 2.45) is 11.7 Å². The topological polar surface area (TPSA) is 113 Å². The summed E-state index contributed by atoms with van der Waals surface area (Å²) < 4.78 is 0. The Hall–Kier alpha value is -1.89. The fraction of sp³-hybridized carbons (Fsp3) is 0.706. The average molecular weight is 333 g/mol. The van der Waals surface area contributed by atoms with Crippen LogP contribution in [0.15, 0.2) is 6.20 Å². The van der Waals surface area contributed by atoms with Gasteiger partial charge in [0.25, 0.3) is 5.91 Å². The molecule has 0 aromatic carbocycles.